The molecule has 0 amide bonds. The van der Waals surface area contributed by atoms with Crippen molar-refractivity contribution in [3.63, 3.8) is 0 Å². The average molecular weight is 197 g/mol. The summed E-state index contributed by atoms with van der Waals surface area (Å²) in [6.45, 7) is -0.127. The highest BCUT2D eigenvalue weighted by Gasteiger charge is 2.37. The van der Waals surface area contributed by atoms with E-state index in [0.29, 0.717) is 0 Å². The van der Waals surface area contributed by atoms with Gasteiger partial charge in [0.25, 0.3) is 8.53 Å². The van der Waals surface area contributed by atoms with Gasteiger partial charge in [-0.3, -0.25) is 5.50 Å². The van der Waals surface area contributed by atoms with Gasteiger partial charge in [-0.05, 0) is 0 Å². The molecule has 1 rings (SSSR count). The van der Waals surface area contributed by atoms with Gasteiger partial charge in [0.2, 0.25) is 0 Å². The summed E-state index contributed by atoms with van der Waals surface area (Å²) in [7, 11) is -1.98. The molecule has 1 aliphatic heterocycles. The smallest absolute Gasteiger partial charge is 0.250 e. The second-order valence-electron chi connectivity index (χ2n) is 2.49. The first-order valence-corrected chi connectivity index (χ1v) is 4.74. The van der Waals surface area contributed by atoms with Crippen LogP contribution < -0.4 is 5.50 Å². The maximum atomic E-state index is 9.33. The summed E-state index contributed by atoms with van der Waals surface area (Å²) in [4.78, 5) is 8.68. The Kier molecular flexibility index (Phi) is 3.79. The van der Waals surface area contributed by atoms with Crippen LogP contribution in [0.4, 0.5) is 0 Å². The Bertz CT molecular complexity index is 146. The number of hydrogen-bond acceptors (Lipinski definition) is 6. The van der Waals surface area contributed by atoms with E-state index in [1.54, 1.807) is 0 Å². The van der Waals surface area contributed by atoms with Gasteiger partial charge in [0, 0.05) is 0 Å². The molecule has 7 heteroatoms. The summed E-state index contributed by atoms with van der Waals surface area (Å²) in [6.07, 6.45) is -2.19. The number of aliphatic hydroxyl groups is 2. The molecular weight excluding hydrogens is 185 g/mol. The molecule has 0 aromatic heterocycles. The molecule has 6 nitrogen and oxygen atoms in total. The van der Waals surface area contributed by atoms with Crippen molar-refractivity contribution in [3.05, 3.63) is 0 Å². The minimum Gasteiger partial charge on any atom is -0.394 e. The van der Waals surface area contributed by atoms with Crippen LogP contribution in [0.2, 0.25) is 0 Å². The minimum absolute atomic E-state index is 0.142. The monoisotopic (exact) mass is 197 g/mol. The molecule has 12 heavy (non-hydrogen) atoms. The molecule has 1 aliphatic rings. The van der Waals surface area contributed by atoms with E-state index in [0.717, 1.165) is 0 Å². The molecule has 0 radical (unpaired) electrons. The van der Waals surface area contributed by atoms with Gasteiger partial charge in [0.15, 0.2) is 0 Å². The summed E-state index contributed by atoms with van der Waals surface area (Å²) in [5.74, 6) is 0. The van der Waals surface area contributed by atoms with E-state index in [1.165, 1.54) is 0 Å². The molecule has 0 spiro atoms. The lowest BCUT2D eigenvalue weighted by Crippen LogP contribution is -2.33. The Hall–Kier alpha value is 0.190. The van der Waals surface area contributed by atoms with Crippen LogP contribution in [0.15, 0.2) is 0 Å². The van der Waals surface area contributed by atoms with Gasteiger partial charge in [-0.15, -0.1) is 0 Å². The van der Waals surface area contributed by atoms with Crippen molar-refractivity contribution in [1.29, 1.82) is 0 Å². The van der Waals surface area contributed by atoms with Crippen molar-refractivity contribution in [2.75, 3.05) is 13.2 Å². The zero-order valence-corrected chi connectivity index (χ0v) is 7.22. The fourth-order valence-corrected chi connectivity index (χ4v) is 1.51. The summed E-state index contributed by atoms with van der Waals surface area (Å²) in [5, 5.41) is 18.0. The largest absolute Gasteiger partial charge is 0.394 e. The SMILES string of the molecule is NP(O)OC1COC(CO)C1O. The van der Waals surface area contributed by atoms with E-state index in [9.17, 15) is 5.11 Å². The fraction of sp³-hybridized carbons (Fsp3) is 1.00. The second-order valence-corrected chi connectivity index (χ2v) is 3.31. The van der Waals surface area contributed by atoms with Crippen LogP contribution in [0.5, 0.6) is 0 Å². The van der Waals surface area contributed by atoms with Gasteiger partial charge in [0.1, 0.15) is 18.3 Å². The molecule has 1 saturated heterocycles. The maximum absolute atomic E-state index is 9.33. The summed E-state index contributed by atoms with van der Waals surface area (Å²) >= 11 is 0. The molecular formula is C5H12NO5P. The first kappa shape index (κ1) is 10.3. The fourth-order valence-electron chi connectivity index (χ4n) is 1.05. The molecule has 0 bridgehead atoms. The first-order chi connectivity index (χ1) is 5.65. The van der Waals surface area contributed by atoms with E-state index in [-0.39, 0.29) is 13.2 Å². The Morgan fingerprint density at radius 2 is 2.33 bits per heavy atom. The van der Waals surface area contributed by atoms with Crippen LogP contribution in [0, 0.1) is 0 Å². The molecule has 72 valence electrons. The zero-order chi connectivity index (χ0) is 9.14. The second kappa shape index (κ2) is 4.43. The van der Waals surface area contributed by atoms with Crippen LogP contribution in [-0.4, -0.2) is 46.6 Å². The zero-order valence-electron chi connectivity index (χ0n) is 6.33. The quantitative estimate of drug-likeness (QED) is 0.402. The third-order valence-electron chi connectivity index (χ3n) is 1.66. The Balaban J connectivity index is 2.38. The molecule has 0 saturated carbocycles. The van der Waals surface area contributed by atoms with Gasteiger partial charge in [-0.2, -0.15) is 0 Å². The highest BCUT2D eigenvalue weighted by Crippen LogP contribution is 2.28. The van der Waals surface area contributed by atoms with Gasteiger partial charge in [0.05, 0.1) is 13.2 Å². The highest BCUT2D eigenvalue weighted by atomic mass is 31.2. The van der Waals surface area contributed by atoms with Crippen molar-refractivity contribution in [2.45, 2.75) is 18.3 Å². The van der Waals surface area contributed by atoms with Crippen molar-refractivity contribution >= 4 is 8.53 Å². The topological polar surface area (TPSA) is 105 Å². The van der Waals surface area contributed by atoms with E-state index in [2.05, 4.69) is 0 Å². The van der Waals surface area contributed by atoms with E-state index >= 15 is 0 Å². The van der Waals surface area contributed by atoms with Gasteiger partial charge >= 0.3 is 0 Å². The molecule has 0 aromatic carbocycles. The molecule has 1 fully saturated rings. The maximum Gasteiger partial charge on any atom is 0.250 e. The predicted octanol–water partition coefficient (Wildman–Crippen LogP) is -1.70. The van der Waals surface area contributed by atoms with E-state index in [4.69, 9.17) is 24.8 Å². The normalized spacial score (nSPS) is 38.5. The summed E-state index contributed by atoms with van der Waals surface area (Å²) in [6, 6.07) is 0. The highest BCUT2D eigenvalue weighted by molar-refractivity contribution is 7.43. The first-order valence-electron chi connectivity index (χ1n) is 3.46. The van der Waals surface area contributed by atoms with Crippen molar-refractivity contribution in [3.8, 4) is 0 Å². The third kappa shape index (κ3) is 2.34. The molecule has 5 N–H and O–H groups in total. The van der Waals surface area contributed by atoms with Crippen LogP contribution in [0.3, 0.4) is 0 Å². The van der Waals surface area contributed by atoms with Gasteiger partial charge in [-0.1, -0.05) is 0 Å². The van der Waals surface area contributed by atoms with Crippen molar-refractivity contribution in [2.24, 2.45) is 5.50 Å². The summed E-state index contributed by atoms with van der Waals surface area (Å²) < 4.78 is 9.71. The van der Waals surface area contributed by atoms with E-state index < -0.39 is 26.8 Å². The van der Waals surface area contributed by atoms with Gasteiger partial charge < -0.3 is 24.4 Å². The predicted molar refractivity (Wildman–Crippen MR) is 41.0 cm³/mol. The Morgan fingerprint density at radius 3 is 2.75 bits per heavy atom. The van der Waals surface area contributed by atoms with Crippen LogP contribution in [-0.2, 0) is 9.26 Å². The Labute approximate surface area is 70.9 Å². The van der Waals surface area contributed by atoms with E-state index in [1.807, 2.05) is 0 Å². The molecule has 4 unspecified atom stereocenters. The number of nitrogens with two attached hydrogens (primary N) is 1. The minimum atomic E-state index is -1.98. The summed E-state index contributed by atoms with van der Waals surface area (Å²) in [5.41, 5.74) is 4.99. The number of rotatable bonds is 3. The molecule has 0 aliphatic carbocycles. The lowest BCUT2D eigenvalue weighted by Gasteiger charge is -2.16. The number of ether oxygens (including phenoxy) is 1. The van der Waals surface area contributed by atoms with Gasteiger partial charge in [-0.25, -0.2) is 0 Å². The molecule has 0 aromatic rings. The van der Waals surface area contributed by atoms with Crippen molar-refractivity contribution < 1.29 is 24.4 Å². The third-order valence-corrected chi connectivity index (χ3v) is 2.15. The molecule has 4 atom stereocenters. The van der Waals surface area contributed by atoms with Crippen LogP contribution in [0.25, 0.3) is 0 Å². The lowest BCUT2D eigenvalue weighted by molar-refractivity contribution is -0.00315. The number of hydrogen-bond donors (Lipinski definition) is 4. The van der Waals surface area contributed by atoms with Crippen molar-refractivity contribution in [1.82, 2.24) is 0 Å². The molecule has 1 heterocycles. The van der Waals surface area contributed by atoms with Crippen LogP contribution >= 0.6 is 8.53 Å². The Morgan fingerprint density at radius 1 is 1.67 bits per heavy atom. The number of aliphatic hydroxyl groups excluding tert-OH is 2. The average Bonchev–Trinajstić information content (AvgIpc) is 2.32. The standard InChI is InChI=1S/C5H12NO5P/c6-12(9)11-4-2-10-3(1-7)5(4)8/h3-5,7-9H,1-2,6H2. The van der Waals surface area contributed by atoms with Crippen LogP contribution in [0.1, 0.15) is 0 Å². The lowest BCUT2D eigenvalue weighted by atomic mass is 10.2.